The molecule has 1 fully saturated rings. The van der Waals surface area contributed by atoms with E-state index < -0.39 is 0 Å². The first-order valence-corrected chi connectivity index (χ1v) is 8.85. The molecule has 1 aliphatic carbocycles. The maximum Gasteiger partial charge on any atom is 0.270 e. The lowest BCUT2D eigenvalue weighted by Gasteiger charge is -2.10. The lowest BCUT2D eigenvalue weighted by molar-refractivity contribution is 0.0951. The highest BCUT2D eigenvalue weighted by Crippen LogP contribution is 2.31. The molecule has 5 heteroatoms. The van der Waals surface area contributed by atoms with Crippen LogP contribution < -0.4 is 5.32 Å². The summed E-state index contributed by atoms with van der Waals surface area (Å²) in [6.45, 7) is 3.71. The summed E-state index contributed by atoms with van der Waals surface area (Å²) < 4.78 is 2.29. The van der Waals surface area contributed by atoms with E-state index in [9.17, 15) is 4.79 Å². The van der Waals surface area contributed by atoms with E-state index in [1.807, 2.05) is 36.5 Å². The maximum atomic E-state index is 12.5. The van der Waals surface area contributed by atoms with Crippen LogP contribution in [-0.2, 0) is 13.0 Å². The quantitative estimate of drug-likeness (QED) is 0.753. The number of fused-ring (bicyclic) bond motifs is 1. The average Bonchev–Trinajstić information content (AvgIpc) is 3.39. The number of benzene rings is 1. The Morgan fingerprint density at radius 2 is 2.08 bits per heavy atom. The highest BCUT2D eigenvalue weighted by molar-refractivity contribution is 6.05. The second-order valence-electron chi connectivity index (χ2n) is 6.76. The molecule has 0 spiro atoms. The van der Waals surface area contributed by atoms with Gasteiger partial charge in [-0.05, 0) is 37.1 Å². The molecule has 3 aromatic rings. The predicted octanol–water partition coefficient (Wildman–Crippen LogP) is 3.12. The fourth-order valence-electron chi connectivity index (χ4n) is 3.19. The van der Waals surface area contributed by atoms with Crippen LogP contribution in [0.25, 0.3) is 10.8 Å². The van der Waals surface area contributed by atoms with Crippen molar-refractivity contribution in [1.82, 2.24) is 19.9 Å². The molecule has 0 bridgehead atoms. The summed E-state index contributed by atoms with van der Waals surface area (Å²) in [5.74, 6) is 1.73. The normalized spacial score (nSPS) is 14.0. The van der Waals surface area contributed by atoms with Crippen molar-refractivity contribution in [3.8, 4) is 0 Å². The Morgan fingerprint density at radius 1 is 1.24 bits per heavy atom. The van der Waals surface area contributed by atoms with Gasteiger partial charge in [-0.1, -0.05) is 24.3 Å². The van der Waals surface area contributed by atoms with Crippen LogP contribution >= 0.6 is 0 Å². The number of aromatic nitrogens is 3. The lowest BCUT2D eigenvalue weighted by Crippen LogP contribution is -2.27. The molecule has 1 aromatic carbocycles. The Kier molecular flexibility index (Phi) is 4.22. The van der Waals surface area contributed by atoms with E-state index in [-0.39, 0.29) is 5.91 Å². The zero-order valence-corrected chi connectivity index (χ0v) is 14.4. The Hall–Kier alpha value is -2.69. The molecule has 0 aliphatic heterocycles. The van der Waals surface area contributed by atoms with E-state index >= 15 is 0 Å². The molecule has 1 N–H and O–H groups in total. The van der Waals surface area contributed by atoms with Crippen molar-refractivity contribution in [1.29, 1.82) is 0 Å². The van der Waals surface area contributed by atoms with Gasteiger partial charge in [0.1, 0.15) is 11.5 Å². The summed E-state index contributed by atoms with van der Waals surface area (Å²) in [5, 5.41) is 4.90. The molecule has 4 rings (SSSR count). The minimum Gasteiger partial charge on any atom is -0.350 e. The third-order valence-electron chi connectivity index (χ3n) is 4.80. The molecule has 25 heavy (non-hydrogen) atoms. The van der Waals surface area contributed by atoms with E-state index in [0.717, 1.165) is 35.5 Å². The Bertz CT molecular complexity index is 906. The Morgan fingerprint density at radius 3 is 2.92 bits per heavy atom. The number of carbonyl (C=O) groups is 1. The molecule has 2 aromatic heterocycles. The lowest BCUT2D eigenvalue weighted by atomic mass is 10.1. The zero-order valence-electron chi connectivity index (χ0n) is 14.4. The summed E-state index contributed by atoms with van der Waals surface area (Å²) in [6.07, 6.45) is 6.98. The molecule has 1 aliphatic rings. The van der Waals surface area contributed by atoms with Gasteiger partial charge >= 0.3 is 0 Å². The number of nitrogens with one attached hydrogen (secondary N) is 1. The van der Waals surface area contributed by atoms with E-state index in [1.54, 1.807) is 6.20 Å². The second-order valence-corrected chi connectivity index (χ2v) is 6.76. The van der Waals surface area contributed by atoms with E-state index in [2.05, 4.69) is 26.8 Å². The zero-order chi connectivity index (χ0) is 17.2. The molecular formula is C20H22N4O. The SMILES string of the molecule is Cc1cnc(CCNC(=O)c2nccc3ccccc23)n1CC1CC1. The fraction of sp³-hybridized carbons (Fsp3) is 0.350. The van der Waals surface area contributed by atoms with Crippen LogP contribution in [0, 0.1) is 12.8 Å². The van der Waals surface area contributed by atoms with Gasteiger partial charge in [0, 0.05) is 43.0 Å². The van der Waals surface area contributed by atoms with E-state index in [4.69, 9.17) is 0 Å². The summed E-state index contributed by atoms with van der Waals surface area (Å²) >= 11 is 0. The summed E-state index contributed by atoms with van der Waals surface area (Å²) in [6, 6.07) is 9.74. The molecule has 1 saturated carbocycles. The molecule has 5 nitrogen and oxygen atoms in total. The van der Waals surface area contributed by atoms with Crippen molar-refractivity contribution in [3.05, 3.63) is 59.9 Å². The number of imidazole rings is 1. The van der Waals surface area contributed by atoms with Gasteiger partial charge < -0.3 is 9.88 Å². The van der Waals surface area contributed by atoms with Crippen LogP contribution in [0.3, 0.4) is 0 Å². The van der Waals surface area contributed by atoms with Crippen molar-refractivity contribution >= 4 is 16.7 Å². The van der Waals surface area contributed by atoms with Gasteiger partial charge in [0.05, 0.1) is 0 Å². The number of hydrogen-bond acceptors (Lipinski definition) is 3. The number of aryl methyl sites for hydroxylation is 1. The van der Waals surface area contributed by atoms with E-state index in [1.165, 1.54) is 18.5 Å². The highest BCUT2D eigenvalue weighted by Gasteiger charge is 2.23. The van der Waals surface area contributed by atoms with Crippen LogP contribution in [-0.4, -0.2) is 27.0 Å². The summed E-state index contributed by atoms with van der Waals surface area (Å²) in [7, 11) is 0. The maximum absolute atomic E-state index is 12.5. The van der Waals surface area contributed by atoms with Gasteiger partial charge in [-0.15, -0.1) is 0 Å². The summed E-state index contributed by atoms with van der Waals surface area (Å²) in [4.78, 5) is 21.3. The minimum absolute atomic E-state index is 0.131. The standard InChI is InChI=1S/C20H22N4O/c1-14-12-23-18(24(14)13-15-6-7-15)9-11-22-20(25)19-17-5-3-2-4-16(17)8-10-21-19/h2-5,8,10,12,15H,6-7,9,11,13H2,1H3,(H,22,25). The molecule has 0 saturated heterocycles. The Balaban J connectivity index is 1.42. The number of amides is 1. The van der Waals surface area contributed by atoms with Crippen molar-refractivity contribution in [2.24, 2.45) is 5.92 Å². The molecule has 0 unspecified atom stereocenters. The van der Waals surface area contributed by atoms with Gasteiger partial charge in [0.2, 0.25) is 0 Å². The monoisotopic (exact) mass is 334 g/mol. The molecule has 0 atom stereocenters. The second kappa shape index (κ2) is 6.67. The van der Waals surface area contributed by atoms with Crippen molar-refractivity contribution in [3.63, 3.8) is 0 Å². The Labute approximate surface area is 147 Å². The third-order valence-corrected chi connectivity index (χ3v) is 4.80. The minimum atomic E-state index is -0.131. The van der Waals surface area contributed by atoms with Crippen LogP contribution in [0.1, 0.15) is 34.8 Å². The van der Waals surface area contributed by atoms with Crippen LogP contribution in [0.2, 0.25) is 0 Å². The van der Waals surface area contributed by atoms with Gasteiger partial charge in [0.15, 0.2) is 0 Å². The molecule has 2 heterocycles. The van der Waals surface area contributed by atoms with Gasteiger partial charge in [-0.25, -0.2) is 4.98 Å². The van der Waals surface area contributed by atoms with Gasteiger partial charge in [-0.3, -0.25) is 9.78 Å². The van der Waals surface area contributed by atoms with Crippen LogP contribution in [0.5, 0.6) is 0 Å². The number of carbonyl (C=O) groups excluding carboxylic acids is 1. The van der Waals surface area contributed by atoms with E-state index in [0.29, 0.717) is 12.2 Å². The highest BCUT2D eigenvalue weighted by atomic mass is 16.1. The number of nitrogens with zero attached hydrogens (tertiary/aromatic N) is 3. The molecule has 0 radical (unpaired) electrons. The third kappa shape index (κ3) is 3.40. The van der Waals surface area contributed by atoms with Crippen LogP contribution in [0.15, 0.2) is 42.7 Å². The number of rotatable bonds is 6. The first-order chi connectivity index (χ1) is 12.2. The van der Waals surface area contributed by atoms with Crippen molar-refractivity contribution < 1.29 is 4.79 Å². The first-order valence-electron chi connectivity index (χ1n) is 8.85. The van der Waals surface area contributed by atoms with Gasteiger partial charge in [-0.2, -0.15) is 0 Å². The molecular weight excluding hydrogens is 312 g/mol. The van der Waals surface area contributed by atoms with Gasteiger partial charge in [0.25, 0.3) is 5.91 Å². The largest absolute Gasteiger partial charge is 0.350 e. The fourth-order valence-corrected chi connectivity index (χ4v) is 3.19. The topological polar surface area (TPSA) is 59.8 Å². The molecule has 128 valence electrons. The van der Waals surface area contributed by atoms with Crippen molar-refractivity contribution in [2.45, 2.75) is 32.7 Å². The molecule has 1 amide bonds. The average molecular weight is 334 g/mol. The predicted molar refractivity (Wildman–Crippen MR) is 97.5 cm³/mol. The first kappa shape index (κ1) is 15.8. The number of pyridine rings is 1. The smallest absolute Gasteiger partial charge is 0.270 e. The summed E-state index contributed by atoms with van der Waals surface area (Å²) in [5.41, 5.74) is 1.68. The number of hydrogen-bond donors (Lipinski definition) is 1. The van der Waals surface area contributed by atoms with Crippen LogP contribution in [0.4, 0.5) is 0 Å². The van der Waals surface area contributed by atoms with Crippen molar-refractivity contribution in [2.75, 3.05) is 6.54 Å².